The van der Waals surface area contributed by atoms with Crippen LogP contribution in [-0.4, -0.2) is 15.0 Å². The second kappa shape index (κ2) is 4.97. The minimum atomic E-state index is -0.317. The molecule has 98 valence electrons. The van der Waals surface area contributed by atoms with Crippen LogP contribution in [0.25, 0.3) is 11.5 Å². The Morgan fingerprint density at radius 1 is 1.30 bits per heavy atom. The molecule has 0 saturated heterocycles. The van der Waals surface area contributed by atoms with E-state index in [1.807, 2.05) is 6.07 Å². The molecule has 3 rings (SSSR count). The molecule has 0 aliphatic rings. The number of furan rings is 1. The van der Waals surface area contributed by atoms with Gasteiger partial charge in [0.25, 0.3) is 0 Å². The van der Waals surface area contributed by atoms with Crippen LogP contribution in [0.2, 0.25) is 0 Å². The summed E-state index contributed by atoms with van der Waals surface area (Å²) in [6, 6.07) is 11.6. The molecule has 20 heavy (non-hydrogen) atoms. The summed E-state index contributed by atoms with van der Waals surface area (Å²) in [7, 11) is 0. The Morgan fingerprint density at radius 3 is 2.90 bits per heavy atom. The summed E-state index contributed by atoms with van der Waals surface area (Å²) in [4.78, 5) is 0. The molecule has 0 saturated carbocycles. The van der Waals surface area contributed by atoms with E-state index in [1.54, 1.807) is 24.3 Å². The van der Waals surface area contributed by atoms with E-state index in [0.29, 0.717) is 18.0 Å². The zero-order valence-electron chi connectivity index (χ0n) is 10.3. The highest BCUT2D eigenvalue weighted by Gasteiger charge is 2.17. The molecule has 0 fully saturated rings. The van der Waals surface area contributed by atoms with Gasteiger partial charge in [-0.2, -0.15) is 5.26 Å². The van der Waals surface area contributed by atoms with Crippen molar-refractivity contribution in [3.63, 3.8) is 0 Å². The number of hydrogen-bond acceptors (Lipinski definition) is 4. The molecule has 0 amide bonds. The van der Waals surface area contributed by atoms with Gasteiger partial charge in [-0.25, -0.2) is 9.07 Å². The molecule has 0 radical (unpaired) electrons. The molecule has 5 nitrogen and oxygen atoms in total. The van der Waals surface area contributed by atoms with E-state index in [0.717, 1.165) is 5.56 Å². The first kappa shape index (κ1) is 12.1. The van der Waals surface area contributed by atoms with Gasteiger partial charge in [-0.15, -0.1) is 5.10 Å². The van der Waals surface area contributed by atoms with Crippen molar-refractivity contribution < 1.29 is 8.81 Å². The molecule has 6 heteroatoms. The summed E-state index contributed by atoms with van der Waals surface area (Å²) in [5.74, 6) is 0.186. The molecule has 0 spiro atoms. The van der Waals surface area contributed by atoms with Gasteiger partial charge in [-0.05, 0) is 29.8 Å². The highest BCUT2D eigenvalue weighted by molar-refractivity contribution is 5.59. The van der Waals surface area contributed by atoms with Gasteiger partial charge in [0.15, 0.2) is 11.5 Å². The Hall–Kier alpha value is -2.94. The zero-order valence-corrected chi connectivity index (χ0v) is 10.3. The lowest BCUT2D eigenvalue weighted by Gasteiger charge is -2.04. The van der Waals surface area contributed by atoms with Crippen molar-refractivity contribution in [2.45, 2.75) is 6.54 Å². The number of hydrogen-bond donors (Lipinski definition) is 0. The molecule has 3 aromatic rings. The Morgan fingerprint density at radius 2 is 2.20 bits per heavy atom. The fourth-order valence-electron chi connectivity index (χ4n) is 1.96. The average molecular weight is 268 g/mol. The minimum Gasteiger partial charge on any atom is -0.463 e. The van der Waals surface area contributed by atoms with Crippen molar-refractivity contribution in [3.8, 4) is 17.5 Å². The van der Waals surface area contributed by atoms with Crippen LogP contribution < -0.4 is 0 Å². The molecule has 0 N–H and O–H groups in total. The predicted molar refractivity (Wildman–Crippen MR) is 67.9 cm³/mol. The molecule has 0 atom stereocenters. The van der Waals surface area contributed by atoms with E-state index in [9.17, 15) is 4.39 Å². The standard InChI is InChI=1S/C14H9FN4O/c15-11-4-1-3-10(7-11)9-19-14(12(8-16)17-18-19)13-5-2-6-20-13/h1-7H,9H2. The van der Waals surface area contributed by atoms with E-state index in [1.165, 1.54) is 23.1 Å². The number of benzene rings is 1. The lowest BCUT2D eigenvalue weighted by molar-refractivity contribution is 0.565. The number of aromatic nitrogens is 3. The van der Waals surface area contributed by atoms with Crippen LogP contribution in [0.5, 0.6) is 0 Å². The minimum absolute atomic E-state index is 0.177. The van der Waals surface area contributed by atoms with Crippen LogP contribution in [-0.2, 0) is 6.54 Å². The molecule has 0 aliphatic heterocycles. The molecule has 0 aliphatic carbocycles. The van der Waals surface area contributed by atoms with Crippen molar-refractivity contribution in [1.82, 2.24) is 15.0 Å². The maximum atomic E-state index is 13.2. The first-order valence-electron chi connectivity index (χ1n) is 5.90. The monoisotopic (exact) mass is 268 g/mol. The maximum Gasteiger partial charge on any atom is 0.193 e. The van der Waals surface area contributed by atoms with Crippen LogP contribution in [0, 0.1) is 17.1 Å². The summed E-state index contributed by atoms with van der Waals surface area (Å²) < 4.78 is 20.0. The van der Waals surface area contributed by atoms with Gasteiger partial charge in [0.2, 0.25) is 0 Å². The van der Waals surface area contributed by atoms with E-state index in [4.69, 9.17) is 9.68 Å². The molecule has 2 heterocycles. The summed E-state index contributed by atoms with van der Waals surface area (Å²) in [5, 5.41) is 16.8. The quantitative estimate of drug-likeness (QED) is 0.732. The van der Waals surface area contributed by atoms with E-state index >= 15 is 0 Å². The van der Waals surface area contributed by atoms with Gasteiger partial charge in [-0.3, -0.25) is 0 Å². The number of rotatable bonds is 3. The third-order valence-electron chi connectivity index (χ3n) is 2.82. The van der Waals surface area contributed by atoms with Crippen molar-refractivity contribution in [1.29, 1.82) is 5.26 Å². The zero-order chi connectivity index (χ0) is 13.9. The third-order valence-corrected chi connectivity index (χ3v) is 2.82. The maximum absolute atomic E-state index is 13.2. The summed E-state index contributed by atoms with van der Waals surface area (Å²) in [6.45, 7) is 0.308. The summed E-state index contributed by atoms with van der Waals surface area (Å²) >= 11 is 0. The van der Waals surface area contributed by atoms with Crippen molar-refractivity contribution >= 4 is 0 Å². The topological polar surface area (TPSA) is 67.6 Å². The van der Waals surface area contributed by atoms with E-state index in [2.05, 4.69) is 10.3 Å². The lowest BCUT2D eigenvalue weighted by Crippen LogP contribution is -2.04. The first-order chi connectivity index (χ1) is 9.78. The largest absolute Gasteiger partial charge is 0.463 e. The second-order valence-corrected chi connectivity index (χ2v) is 4.16. The van der Waals surface area contributed by atoms with Crippen molar-refractivity contribution in [2.75, 3.05) is 0 Å². The van der Waals surface area contributed by atoms with Crippen LogP contribution >= 0.6 is 0 Å². The summed E-state index contributed by atoms with van der Waals surface area (Å²) in [6.07, 6.45) is 1.51. The van der Waals surface area contributed by atoms with Crippen LogP contribution in [0.15, 0.2) is 47.1 Å². The summed E-state index contributed by atoms with van der Waals surface area (Å²) in [5.41, 5.74) is 1.39. The molecular weight excluding hydrogens is 259 g/mol. The fourth-order valence-corrected chi connectivity index (χ4v) is 1.96. The molecular formula is C14H9FN4O. The van der Waals surface area contributed by atoms with Gasteiger partial charge >= 0.3 is 0 Å². The van der Waals surface area contributed by atoms with Gasteiger partial charge in [0.1, 0.15) is 17.6 Å². The second-order valence-electron chi connectivity index (χ2n) is 4.16. The predicted octanol–water partition coefficient (Wildman–Crippen LogP) is 2.60. The number of nitriles is 1. The Labute approximate surface area is 113 Å². The van der Waals surface area contributed by atoms with E-state index < -0.39 is 0 Å². The highest BCUT2D eigenvalue weighted by Crippen LogP contribution is 2.23. The van der Waals surface area contributed by atoms with Gasteiger partial charge in [0.05, 0.1) is 12.8 Å². The highest BCUT2D eigenvalue weighted by atomic mass is 19.1. The average Bonchev–Trinajstić information content (AvgIpc) is 3.07. The molecule has 1 aromatic carbocycles. The normalized spacial score (nSPS) is 10.4. The Kier molecular flexibility index (Phi) is 3.01. The van der Waals surface area contributed by atoms with Crippen molar-refractivity contribution in [3.05, 3.63) is 59.7 Å². The third kappa shape index (κ3) is 2.17. The van der Waals surface area contributed by atoms with Gasteiger partial charge in [-0.1, -0.05) is 17.3 Å². The van der Waals surface area contributed by atoms with Crippen LogP contribution in [0.1, 0.15) is 11.3 Å². The number of nitrogens with zero attached hydrogens (tertiary/aromatic N) is 4. The fraction of sp³-hybridized carbons (Fsp3) is 0.0714. The Bertz CT molecular complexity index is 771. The molecule has 0 unspecified atom stereocenters. The van der Waals surface area contributed by atoms with E-state index in [-0.39, 0.29) is 11.5 Å². The van der Waals surface area contributed by atoms with Crippen molar-refractivity contribution in [2.24, 2.45) is 0 Å². The van der Waals surface area contributed by atoms with Gasteiger partial charge < -0.3 is 4.42 Å². The first-order valence-corrected chi connectivity index (χ1v) is 5.90. The van der Waals surface area contributed by atoms with Gasteiger partial charge in [0, 0.05) is 0 Å². The Balaban J connectivity index is 2.03. The van der Waals surface area contributed by atoms with Crippen LogP contribution in [0.3, 0.4) is 0 Å². The molecule has 0 bridgehead atoms. The number of halogens is 1. The SMILES string of the molecule is N#Cc1nnn(Cc2cccc(F)c2)c1-c1ccco1. The van der Waals surface area contributed by atoms with Crippen LogP contribution in [0.4, 0.5) is 4.39 Å². The smallest absolute Gasteiger partial charge is 0.193 e. The molecule has 2 aromatic heterocycles. The lowest BCUT2D eigenvalue weighted by atomic mass is 10.2.